The molecule has 4 N–H and O–H groups in total. The highest BCUT2D eigenvalue weighted by molar-refractivity contribution is 6.31. The minimum absolute atomic E-state index is 0.211. The molecule has 0 bridgehead atoms. The molecule has 0 aliphatic rings. The standard InChI is InChI=1S/C14H12ClN3O/c1-7-2-3-8(4-10(7)15)9-5-18-6-11-12(9)13(16)14(17)19-11/h2-6H,16-17H2,1H3. The molecular formula is C14H12ClN3O. The van der Waals surface area contributed by atoms with Crippen LogP contribution in [-0.2, 0) is 0 Å². The van der Waals surface area contributed by atoms with Crippen molar-refractivity contribution in [2.45, 2.75) is 6.92 Å². The summed E-state index contributed by atoms with van der Waals surface area (Å²) in [5.74, 6) is 0.211. The number of halogens is 1. The Kier molecular flexibility index (Phi) is 2.61. The Morgan fingerprint density at radius 2 is 2.00 bits per heavy atom. The van der Waals surface area contributed by atoms with Crippen LogP contribution in [0, 0.1) is 6.92 Å². The van der Waals surface area contributed by atoms with Gasteiger partial charge in [-0.1, -0.05) is 23.7 Å². The average molecular weight is 274 g/mol. The van der Waals surface area contributed by atoms with Crippen LogP contribution in [0.25, 0.3) is 22.1 Å². The fourth-order valence-corrected chi connectivity index (χ4v) is 2.25. The maximum atomic E-state index is 6.16. The smallest absolute Gasteiger partial charge is 0.214 e. The Morgan fingerprint density at radius 3 is 2.74 bits per heavy atom. The molecule has 0 unspecified atom stereocenters. The molecule has 0 aliphatic heterocycles. The van der Waals surface area contributed by atoms with Gasteiger partial charge in [0.1, 0.15) is 5.69 Å². The number of aryl methyl sites for hydroxylation is 1. The van der Waals surface area contributed by atoms with Crippen LogP contribution in [0.15, 0.2) is 35.0 Å². The molecule has 5 heteroatoms. The lowest BCUT2D eigenvalue weighted by Crippen LogP contribution is -1.91. The van der Waals surface area contributed by atoms with Gasteiger partial charge >= 0.3 is 0 Å². The summed E-state index contributed by atoms with van der Waals surface area (Å²) in [6.45, 7) is 1.95. The highest BCUT2D eigenvalue weighted by atomic mass is 35.5. The fraction of sp³-hybridized carbons (Fsp3) is 0.0714. The first-order valence-corrected chi connectivity index (χ1v) is 6.13. The Hall–Kier alpha value is -2.20. The zero-order valence-electron chi connectivity index (χ0n) is 10.3. The van der Waals surface area contributed by atoms with Crippen molar-refractivity contribution in [3.63, 3.8) is 0 Å². The number of nitrogens with zero attached hydrogens (tertiary/aromatic N) is 1. The summed E-state index contributed by atoms with van der Waals surface area (Å²) in [7, 11) is 0. The maximum Gasteiger partial charge on any atom is 0.214 e. The molecule has 0 fully saturated rings. The van der Waals surface area contributed by atoms with Crippen molar-refractivity contribution in [3.05, 3.63) is 41.2 Å². The van der Waals surface area contributed by atoms with E-state index in [0.29, 0.717) is 16.3 Å². The summed E-state index contributed by atoms with van der Waals surface area (Å²) < 4.78 is 5.37. The van der Waals surface area contributed by atoms with E-state index < -0.39 is 0 Å². The molecule has 2 aromatic heterocycles. The van der Waals surface area contributed by atoms with Gasteiger partial charge in [-0.25, -0.2) is 0 Å². The number of nitrogen functional groups attached to an aromatic ring is 2. The third kappa shape index (κ3) is 1.81. The van der Waals surface area contributed by atoms with Crippen molar-refractivity contribution in [2.24, 2.45) is 0 Å². The average Bonchev–Trinajstić information content (AvgIpc) is 2.69. The first-order valence-electron chi connectivity index (χ1n) is 5.76. The van der Waals surface area contributed by atoms with Gasteiger partial charge in [-0.3, -0.25) is 4.98 Å². The second-order valence-electron chi connectivity index (χ2n) is 4.40. The lowest BCUT2D eigenvalue weighted by atomic mass is 10.0. The topological polar surface area (TPSA) is 78.1 Å². The predicted octanol–water partition coefficient (Wildman–Crippen LogP) is 3.62. The van der Waals surface area contributed by atoms with Gasteiger partial charge in [0.15, 0.2) is 5.58 Å². The first kappa shape index (κ1) is 11.9. The number of hydrogen-bond acceptors (Lipinski definition) is 4. The monoisotopic (exact) mass is 273 g/mol. The van der Waals surface area contributed by atoms with E-state index in [-0.39, 0.29) is 5.88 Å². The van der Waals surface area contributed by atoms with Gasteiger partial charge in [-0.15, -0.1) is 0 Å². The zero-order chi connectivity index (χ0) is 13.6. The second-order valence-corrected chi connectivity index (χ2v) is 4.81. The summed E-state index contributed by atoms with van der Waals surface area (Å²) in [4.78, 5) is 4.15. The molecular weight excluding hydrogens is 262 g/mol. The van der Waals surface area contributed by atoms with Crippen LogP contribution in [0.2, 0.25) is 5.02 Å². The van der Waals surface area contributed by atoms with E-state index in [0.717, 1.165) is 22.1 Å². The summed E-state index contributed by atoms with van der Waals surface area (Å²) >= 11 is 6.16. The van der Waals surface area contributed by atoms with Gasteiger partial charge in [-0.05, 0) is 24.1 Å². The molecule has 0 atom stereocenters. The number of fused-ring (bicyclic) bond motifs is 1. The molecule has 1 aromatic carbocycles. The molecule has 4 nitrogen and oxygen atoms in total. The number of rotatable bonds is 1. The first-order chi connectivity index (χ1) is 9.08. The van der Waals surface area contributed by atoms with Crippen LogP contribution < -0.4 is 11.5 Å². The van der Waals surface area contributed by atoms with E-state index in [2.05, 4.69) is 4.98 Å². The number of anilines is 2. The summed E-state index contributed by atoms with van der Waals surface area (Å²) in [6, 6.07) is 5.81. The Labute approximate surface area is 115 Å². The number of nitrogens with two attached hydrogens (primary N) is 2. The van der Waals surface area contributed by atoms with Crippen molar-refractivity contribution in [1.29, 1.82) is 0 Å². The molecule has 0 aliphatic carbocycles. The Bertz CT molecular complexity index is 780. The van der Waals surface area contributed by atoms with Crippen LogP contribution in [0.1, 0.15) is 5.56 Å². The van der Waals surface area contributed by atoms with Crippen LogP contribution >= 0.6 is 11.6 Å². The number of benzene rings is 1. The Morgan fingerprint density at radius 1 is 1.21 bits per heavy atom. The van der Waals surface area contributed by atoms with Gasteiger partial charge in [-0.2, -0.15) is 0 Å². The van der Waals surface area contributed by atoms with Gasteiger partial charge < -0.3 is 15.9 Å². The van der Waals surface area contributed by atoms with Gasteiger partial charge in [0.25, 0.3) is 0 Å². The van der Waals surface area contributed by atoms with Crippen LogP contribution in [0.4, 0.5) is 11.6 Å². The molecule has 0 saturated heterocycles. The van der Waals surface area contributed by atoms with Gasteiger partial charge in [0, 0.05) is 16.8 Å². The van der Waals surface area contributed by atoms with E-state index in [9.17, 15) is 0 Å². The summed E-state index contributed by atoms with van der Waals surface area (Å²) in [5.41, 5.74) is 15.5. The number of furan rings is 1. The third-order valence-corrected chi connectivity index (χ3v) is 3.56. The fourth-order valence-electron chi connectivity index (χ4n) is 2.07. The number of hydrogen-bond donors (Lipinski definition) is 2. The molecule has 2 heterocycles. The maximum absolute atomic E-state index is 6.16. The van der Waals surface area contributed by atoms with Crippen molar-refractivity contribution in [2.75, 3.05) is 11.5 Å². The largest absolute Gasteiger partial charge is 0.437 e. The molecule has 96 valence electrons. The van der Waals surface area contributed by atoms with Gasteiger partial charge in [0.05, 0.1) is 11.6 Å². The summed E-state index contributed by atoms with van der Waals surface area (Å²) in [6.07, 6.45) is 3.33. The normalized spacial score (nSPS) is 11.1. The van der Waals surface area contributed by atoms with Crippen LogP contribution in [0.3, 0.4) is 0 Å². The van der Waals surface area contributed by atoms with E-state index in [4.69, 9.17) is 27.5 Å². The zero-order valence-corrected chi connectivity index (χ0v) is 11.0. The molecule has 0 spiro atoms. The molecule has 0 amide bonds. The minimum atomic E-state index is 0.211. The van der Waals surface area contributed by atoms with Crippen molar-refractivity contribution in [1.82, 2.24) is 4.98 Å². The molecule has 3 aromatic rings. The molecule has 0 radical (unpaired) electrons. The summed E-state index contributed by atoms with van der Waals surface area (Å²) in [5, 5.41) is 1.47. The van der Waals surface area contributed by atoms with Crippen LogP contribution in [-0.4, -0.2) is 4.98 Å². The van der Waals surface area contributed by atoms with E-state index in [1.807, 2.05) is 25.1 Å². The highest BCUT2D eigenvalue weighted by Crippen LogP contribution is 2.38. The van der Waals surface area contributed by atoms with Crippen molar-refractivity contribution in [3.8, 4) is 11.1 Å². The van der Waals surface area contributed by atoms with E-state index in [1.54, 1.807) is 12.4 Å². The molecule has 19 heavy (non-hydrogen) atoms. The van der Waals surface area contributed by atoms with Gasteiger partial charge in [0.2, 0.25) is 5.88 Å². The minimum Gasteiger partial charge on any atom is -0.437 e. The van der Waals surface area contributed by atoms with Crippen LogP contribution in [0.5, 0.6) is 0 Å². The lowest BCUT2D eigenvalue weighted by Gasteiger charge is -2.05. The van der Waals surface area contributed by atoms with E-state index >= 15 is 0 Å². The number of aromatic nitrogens is 1. The van der Waals surface area contributed by atoms with Crippen molar-refractivity contribution < 1.29 is 4.42 Å². The quantitative estimate of drug-likeness (QED) is 0.710. The van der Waals surface area contributed by atoms with Crippen molar-refractivity contribution >= 4 is 34.1 Å². The lowest BCUT2D eigenvalue weighted by molar-refractivity contribution is 0.637. The SMILES string of the molecule is Cc1ccc(-c2cncc3oc(N)c(N)c23)cc1Cl. The Balaban J connectivity index is 2.33. The second kappa shape index (κ2) is 4.17. The third-order valence-electron chi connectivity index (χ3n) is 3.15. The highest BCUT2D eigenvalue weighted by Gasteiger charge is 2.14. The van der Waals surface area contributed by atoms with E-state index in [1.165, 1.54) is 0 Å². The predicted molar refractivity (Wildman–Crippen MR) is 78.0 cm³/mol. The number of pyridine rings is 1. The molecule has 0 saturated carbocycles. The molecule has 3 rings (SSSR count).